The predicted octanol–water partition coefficient (Wildman–Crippen LogP) is 4.70. The molecule has 0 saturated heterocycles. The number of carbonyl (C=O) groups excluding carboxylic acids is 2. The first-order chi connectivity index (χ1) is 12.5. The van der Waals surface area contributed by atoms with E-state index in [4.69, 9.17) is 0 Å². The van der Waals surface area contributed by atoms with Gasteiger partial charge in [-0.05, 0) is 50.8 Å². The van der Waals surface area contributed by atoms with Gasteiger partial charge in [-0.3, -0.25) is 9.59 Å². The lowest BCUT2D eigenvalue weighted by molar-refractivity contribution is -0.119. The summed E-state index contributed by atoms with van der Waals surface area (Å²) >= 11 is 1.43. The van der Waals surface area contributed by atoms with Crippen molar-refractivity contribution < 1.29 is 9.59 Å². The molecule has 2 N–H and O–H groups in total. The molecular formula is C20H25N3O2S. The third-order valence-electron chi connectivity index (χ3n) is 4.92. The van der Waals surface area contributed by atoms with Crippen LogP contribution in [0.15, 0.2) is 18.2 Å². The van der Waals surface area contributed by atoms with Crippen LogP contribution in [0.2, 0.25) is 0 Å². The second kappa shape index (κ2) is 7.99. The number of nitrogens with one attached hydrogen (secondary N) is 2. The van der Waals surface area contributed by atoms with Crippen LogP contribution in [0.4, 0.5) is 11.4 Å². The topological polar surface area (TPSA) is 71.1 Å². The molecule has 5 nitrogen and oxygen atoms in total. The Morgan fingerprint density at radius 1 is 1.15 bits per heavy atom. The lowest BCUT2D eigenvalue weighted by Gasteiger charge is -2.15. The van der Waals surface area contributed by atoms with Crippen LogP contribution in [0, 0.1) is 19.8 Å². The summed E-state index contributed by atoms with van der Waals surface area (Å²) in [4.78, 5) is 30.1. The Bertz CT molecular complexity index is 822. The number of amides is 2. The number of aromatic nitrogens is 1. The van der Waals surface area contributed by atoms with E-state index in [2.05, 4.69) is 15.6 Å². The average Bonchev–Trinajstić information content (AvgIpc) is 3.28. The van der Waals surface area contributed by atoms with Crippen LogP contribution in [-0.2, 0) is 11.2 Å². The fourth-order valence-corrected chi connectivity index (χ4v) is 4.22. The minimum atomic E-state index is -0.151. The molecule has 0 aliphatic heterocycles. The van der Waals surface area contributed by atoms with Gasteiger partial charge < -0.3 is 10.6 Å². The highest BCUT2D eigenvalue weighted by molar-refractivity contribution is 7.13. The van der Waals surface area contributed by atoms with Gasteiger partial charge in [0.15, 0.2) is 0 Å². The van der Waals surface area contributed by atoms with Gasteiger partial charge >= 0.3 is 0 Å². The molecule has 0 atom stereocenters. The van der Waals surface area contributed by atoms with Crippen molar-refractivity contribution in [2.75, 3.05) is 10.6 Å². The number of aryl methyl sites for hydroxylation is 2. The Hall–Kier alpha value is -2.21. The van der Waals surface area contributed by atoms with E-state index >= 15 is 0 Å². The average molecular weight is 372 g/mol. The second-order valence-corrected chi connectivity index (χ2v) is 7.86. The van der Waals surface area contributed by atoms with Crippen LogP contribution in [-0.4, -0.2) is 16.8 Å². The quantitative estimate of drug-likeness (QED) is 0.800. The van der Waals surface area contributed by atoms with Gasteiger partial charge in [-0.1, -0.05) is 25.8 Å². The van der Waals surface area contributed by atoms with E-state index in [0.29, 0.717) is 10.6 Å². The largest absolute Gasteiger partial charge is 0.326 e. The molecule has 26 heavy (non-hydrogen) atoms. The molecule has 1 aromatic heterocycles. The monoisotopic (exact) mass is 371 g/mol. The van der Waals surface area contributed by atoms with Crippen molar-refractivity contribution in [1.82, 2.24) is 4.98 Å². The predicted molar refractivity (Wildman–Crippen MR) is 106 cm³/mol. The highest BCUT2D eigenvalue weighted by atomic mass is 32.1. The SMILES string of the molecule is CCc1nc(C)c(C(=O)Nc2cccc(NC(=O)C3CCCC3)c2C)s1. The van der Waals surface area contributed by atoms with Crippen LogP contribution in [0.5, 0.6) is 0 Å². The molecule has 1 saturated carbocycles. The van der Waals surface area contributed by atoms with Gasteiger partial charge in [0.05, 0.1) is 10.7 Å². The standard InChI is InChI=1S/C20H25N3O2S/c1-4-17-21-13(3)18(26-17)20(25)23-16-11-7-10-15(12(16)2)22-19(24)14-8-5-6-9-14/h7,10-11,14H,4-6,8-9H2,1-3H3,(H,22,24)(H,23,25). The van der Waals surface area contributed by atoms with Crippen molar-refractivity contribution in [2.24, 2.45) is 5.92 Å². The molecular weight excluding hydrogens is 346 g/mol. The lowest BCUT2D eigenvalue weighted by atomic mass is 10.1. The first-order valence-electron chi connectivity index (χ1n) is 9.17. The molecule has 0 unspecified atom stereocenters. The van der Waals surface area contributed by atoms with E-state index in [1.54, 1.807) is 0 Å². The van der Waals surface area contributed by atoms with Gasteiger partial charge in [0.2, 0.25) is 5.91 Å². The van der Waals surface area contributed by atoms with Crippen LogP contribution >= 0.6 is 11.3 Å². The fourth-order valence-electron chi connectivity index (χ4n) is 3.32. The summed E-state index contributed by atoms with van der Waals surface area (Å²) in [6.07, 6.45) is 5.00. The molecule has 0 radical (unpaired) electrons. The zero-order valence-corrected chi connectivity index (χ0v) is 16.3. The highest BCUT2D eigenvalue weighted by Gasteiger charge is 2.23. The summed E-state index contributed by atoms with van der Waals surface area (Å²) in [6, 6.07) is 5.59. The molecule has 138 valence electrons. The van der Waals surface area contributed by atoms with E-state index in [9.17, 15) is 9.59 Å². The van der Waals surface area contributed by atoms with Gasteiger partial charge in [-0.2, -0.15) is 0 Å². The van der Waals surface area contributed by atoms with E-state index in [1.807, 2.05) is 39.0 Å². The highest BCUT2D eigenvalue weighted by Crippen LogP contribution is 2.29. The molecule has 3 rings (SSSR count). The Kier molecular flexibility index (Phi) is 5.71. The zero-order valence-electron chi connectivity index (χ0n) is 15.5. The molecule has 1 aliphatic carbocycles. The maximum Gasteiger partial charge on any atom is 0.267 e. The summed E-state index contributed by atoms with van der Waals surface area (Å²) < 4.78 is 0. The van der Waals surface area contributed by atoms with E-state index in [1.165, 1.54) is 11.3 Å². The number of nitrogens with zero attached hydrogens (tertiary/aromatic N) is 1. The van der Waals surface area contributed by atoms with E-state index in [0.717, 1.165) is 54.1 Å². The van der Waals surface area contributed by atoms with Crippen LogP contribution in [0.1, 0.15) is 58.5 Å². The normalized spacial score (nSPS) is 14.4. The summed E-state index contributed by atoms with van der Waals surface area (Å²) in [5.74, 6) is 0.0435. The zero-order chi connectivity index (χ0) is 18.7. The minimum absolute atomic E-state index is 0.0833. The first kappa shape index (κ1) is 18.6. The Morgan fingerprint density at radius 2 is 1.81 bits per heavy atom. The second-order valence-electron chi connectivity index (χ2n) is 6.78. The smallest absolute Gasteiger partial charge is 0.267 e. The number of hydrogen-bond acceptors (Lipinski definition) is 4. The van der Waals surface area contributed by atoms with Crippen molar-refractivity contribution in [3.8, 4) is 0 Å². The maximum atomic E-state index is 12.6. The molecule has 1 aromatic carbocycles. The van der Waals surface area contributed by atoms with Crippen LogP contribution in [0.3, 0.4) is 0 Å². The van der Waals surface area contributed by atoms with E-state index < -0.39 is 0 Å². The lowest BCUT2D eigenvalue weighted by Crippen LogP contribution is -2.21. The van der Waals surface area contributed by atoms with Gasteiger partial charge in [-0.15, -0.1) is 11.3 Å². The van der Waals surface area contributed by atoms with Crippen LogP contribution in [0.25, 0.3) is 0 Å². The summed E-state index contributed by atoms with van der Waals surface area (Å²) in [5, 5.41) is 6.96. The van der Waals surface area contributed by atoms with Crippen molar-refractivity contribution in [3.05, 3.63) is 39.3 Å². The number of anilines is 2. The molecule has 6 heteroatoms. The molecule has 0 spiro atoms. The van der Waals surface area contributed by atoms with Gasteiger partial charge in [0.1, 0.15) is 4.88 Å². The summed E-state index contributed by atoms with van der Waals surface area (Å²) in [6.45, 7) is 5.80. The number of benzene rings is 1. The van der Waals surface area contributed by atoms with Crippen molar-refractivity contribution in [3.63, 3.8) is 0 Å². The van der Waals surface area contributed by atoms with Gasteiger partial charge in [-0.25, -0.2) is 4.98 Å². The van der Waals surface area contributed by atoms with Crippen molar-refractivity contribution in [2.45, 2.75) is 52.9 Å². The van der Waals surface area contributed by atoms with Gasteiger partial charge in [0, 0.05) is 17.3 Å². The summed E-state index contributed by atoms with van der Waals surface area (Å²) in [5.41, 5.74) is 3.10. The maximum absolute atomic E-state index is 12.6. The molecule has 2 amide bonds. The third-order valence-corrected chi connectivity index (χ3v) is 6.22. The Labute approximate surface area is 158 Å². The number of hydrogen-bond donors (Lipinski definition) is 2. The number of thiazole rings is 1. The molecule has 2 aromatic rings. The Morgan fingerprint density at radius 3 is 2.42 bits per heavy atom. The molecule has 1 aliphatic rings. The fraction of sp³-hybridized carbons (Fsp3) is 0.450. The number of carbonyl (C=O) groups is 2. The van der Waals surface area contributed by atoms with Crippen molar-refractivity contribution >= 4 is 34.5 Å². The minimum Gasteiger partial charge on any atom is -0.326 e. The molecule has 0 bridgehead atoms. The molecule has 1 fully saturated rings. The molecule has 1 heterocycles. The summed E-state index contributed by atoms with van der Waals surface area (Å²) in [7, 11) is 0. The number of rotatable bonds is 5. The first-order valence-corrected chi connectivity index (χ1v) is 9.99. The Balaban J connectivity index is 1.75. The third kappa shape index (κ3) is 3.96. The van der Waals surface area contributed by atoms with Crippen LogP contribution < -0.4 is 10.6 Å². The van der Waals surface area contributed by atoms with Crippen molar-refractivity contribution in [1.29, 1.82) is 0 Å². The van der Waals surface area contributed by atoms with Gasteiger partial charge in [0.25, 0.3) is 5.91 Å². The van der Waals surface area contributed by atoms with E-state index in [-0.39, 0.29) is 17.7 Å².